The molecule has 0 saturated heterocycles. The van der Waals surface area contributed by atoms with E-state index >= 15 is 0 Å². The van der Waals surface area contributed by atoms with Crippen molar-refractivity contribution in [2.75, 3.05) is 52.8 Å². The highest BCUT2D eigenvalue weighted by atomic mass is 16.7. The van der Waals surface area contributed by atoms with Crippen LogP contribution in [0.3, 0.4) is 0 Å². The molecule has 0 bridgehead atoms. The van der Waals surface area contributed by atoms with Crippen LogP contribution in [0, 0.1) is 17.8 Å². The Morgan fingerprint density at radius 2 is 1.67 bits per heavy atom. The number of hydrogen-bond acceptors (Lipinski definition) is 12. The van der Waals surface area contributed by atoms with Gasteiger partial charge in [-0.1, -0.05) is 90.8 Å². The van der Waals surface area contributed by atoms with E-state index in [0.717, 1.165) is 47.9 Å². The topological polar surface area (TPSA) is 178 Å². The van der Waals surface area contributed by atoms with Crippen molar-refractivity contribution in [3.63, 3.8) is 0 Å². The second-order valence-corrected chi connectivity index (χ2v) is 16.0. The van der Waals surface area contributed by atoms with E-state index in [9.17, 15) is 24.9 Å². The summed E-state index contributed by atoms with van der Waals surface area (Å²) >= 11 is 0. The molecule has 6 atom stereocenters. The lowest BCUT2D eigenvalue weighted by atomic mass is 9.55. The van der Waals surface area contributed by atoms with Crippen LogP contribution in [-0.4, -0.2) is 103 Å². The average Bonchev–Trinajstić information content (AvgIpc) is 3.30. The van der Waals surface area contributed by atoms with Gasteiger partial charge in [0.05, 0.1) is 44.7 Å². The molecule has 1 aliphatic heterocycles. The molecule has 1 heterocycles. The Labute approximate surface area is 370 Å². The molecular weight excluding hydrogens is 807 g/mol. The molecule has 3 aliphatic rings. The SMILES string of the molecule is C=CCO[C@@]12Oc3ccc(OC(=O)NCc4ccccc4)cc3[C@H]3[C@H](CCCCO)[C@@H](CCCCO)C=C(C(=NOCc4ccccc4)C[C@@H]1N(CCOCCO)C(=O)OCC)[C@H]32. The lowest BCUT2D eigenvalue weighted by molar-refractivity contribution is -0.256. The molecule has 0 radical (unpaired) electrons. The van der Waals surface area contributed by atoms with Crippen molar-refractivity contribution in [1.29, 1.82) is 0 Å². The Hall–Kier alpha value is -5.25. The number of amides is 2. The molecule has 1 saturated carbocycles. The Balaban J connectivity index is 1.52. The fourth-order valence-electron chi connectivity index (χ4n) is 9.29. The summed E-state index contributed by atoms with van der Waals surface area (Å²) in [5, 5.41) is 37.1. The minimum Gasteiger partial charge on any atom is -0.459 e. The van der Waals surface area contributed by atoms with Gasteiger partial charge in [-0.2, -0.15) is 0 Å². The number of oxime groups is 1. The van der Waals surface area contributed by atoms with Gasteiger partial charge < -0.3 is 49.2 Å². The van der Waals surface area contributed by atoms with E-state index in [0.29, 0.717) is 30.1 Å². The van der Waals surface area contributed by atoms with Gasteiger partial charge in [0.1, 0.15) is 24.1 Å². The first-order valence-electron chi connectivity index (χ1n) is 22.2. The number of ether oxygens (including phenoxy) is 5. The number of carbonyl (C=O) groups is 2. The first kappa shape index (κ1) is 47.2. The molecule has 0 spiro atoms. The second kappa shape index (κ2) is 24.0. The highest BCUT2D eigenvalue weighted by Crippen LogP contribution is 2.62. The van der Waals surface area contributed by atoms with Crippen molar-refractivity contribution in [3.8, 4) is 11.5 Å². The quantitative estimate of drug-likeness (QED) is 0.0404. The van der Waals surface area contributed by atoms with E-state index in [1.165, 1.54) is 0 Å². The molecule has 340 valence electrons. The van der Waals surface area contributed by atoms with Gasteiger partial charge in [-0.25, -0.2) is 9.59 Å². The second-order valence-electron chi connectivity index (χ2n) is 16.0. The van der Waals surface area contributed by atoms with Gasteiger partial charge in [0, 0.05) is 44.2 Å². The minimum absolute atomic E-state index is 0.00259. The van der Waals surface area contributed by atoms with Crippen LogP contribution >= 0.6 is 0 Å². The Morgan fingerprint density at radius 3 is 2.37 bits per heavy atom. The van der Waals surface area contributed by atoms with E-state index in [2.05, 4.69) is 18.0 Å². The Kier molecular flexibility index (Phi) is 18.0. The zero-order valence-electron chi connectivity index (χ0n) is 36.3. The molecule has 1 fully saturated rings. The molecule has 2 aliphatic carbocycles. The summed E-state index contributed by atoms with van der Waals surface area (Å²) in [4.78, 5) is 35.2. The number of nitrogens with zero attached hydrogens (tertiary/aromatic N) is 2. The number of nitrogens with one attached hydrogen (secondary N) is 1. The molecular formula is C49H63N3O11. The number of hydrogen-bond donors (Lipinski definition) is 4. The van der Waals surface area contributed by atoms with Crippen LogP contribution in [0.15, 0.2) is 108 Å². The van der Waals surface area contributed by atoms with E-state index in [-0.39, 0.29) is 90.1 Å². The van der Waals surface area contributed by atoms with Crippen LogP contribution in [-0.2, 0) is 32.2 Å². The highest BCUT2D eigenvalue weighted by molar-refractivity contribution is 6.03. The summed E-state index contributed by atoms with van der Waals surface area (Å²) in [5.74, 6) is -1.68. The summed E-state index contributed by atoms with van der Waals surface area (Å²) in [6.07, 6.45) is 7.12. The van der Waals surface area contributed by atoms with Crippen LogP contribution in [0.25, 0.3) is 0 Å². The van der Waals surface area contributed by atoms with Crippen molar-refractivity contribution in [2.24, 2.45) is 22.9 Å². The zero-order valence-corrected chi connectivity index (χ0v) is 36.3. The lowest BCUT2D eigenvalue weighted by Crippen LogP contribution is -2.70. The third-order valence-electron chi connectivity index (χ3n) is 12.0. The summed E-state index contributed by atoms with van der Waals surface area (Å²) in [6.45, 7) is 6.63. The van der Waals surface area contributed by atoms with Gasteiger partial charge in [-0.05, 0) is 79.3 Å². The van der Waals surface area contributed by atoms with Crippen molar-refractivity contribution in [3.05, 3.63) is 120 Å². The summed E-state index contributed by atoms with van der Waals surface area (Å²) in [5.41, 5.74) is 4.15. The number of aliphatic hydroxyl groups excluding tert-OH is 3. The van der Waals surface area contributed by atoms with Crippen LogP contribution in [0.5, 0.6) is 11.5 Å². The van der Waals surface area contributed by atoms with Crippen molar-refractivity contribution in [2.45, 2.75) is 82.8 Å². The first-order chi connectivity index (χ1) is 30.9. The van der Waals surface area contributed by atoms with Crippen LogP contribution in [0.2, 0.25) is 0 Å². The number of carbonyl (C=O) groups excluding carboxylic acids is 2. The molecule has 4 N–H and O–H groups in total. The van der Waals surface area contributed by atoms with Gasteiger partial charge in [0.25, 0.3) is 0 Å². The van der Waals surface area contributed by atoms with Crippen LogP contribution in [0.4, 0.5) is 9.59 Å². The average molecular weight is 870 g/mol. The monoisotopic (exact) mass is 869 g/mol. The third-order valence-corrected chi connectivity index (χ3v) is 12.0. The largest absolute Gasteiger partial charge is 0.459 e. The van der Waals surface area contributed by atoms with Crippen molar-refractivity contribution >= 4 is 17.9 Å². The molecule has 2 amide bonds. The molecule has 0 unspecified atom stereocenters. The minimum atomic E-state index is -1.53. The summed E-state index contributed by atoms with van der Waals surface area (Å²) in [7, 11) is 0. The predicted octanol–water partition coefficient (Wildman–Crippen LogP) is 7.28. The van der Waals surface area contributed by atoms with Gasteiger partial charge in [-0.3, -0.25) is 4.90 Å². The van der Waals surface area contributed by atoms with E-state index in [1.807, 2.05) is 66.7 Å². The van der Waals surface area contributed by atoms with E-state index < -0.39 is 29.9 Å². The molecule has 3 aromatic rings. The maximum absolute atomic E-state index is 14.2. The first-order valence-corrected chi connectivity index (χ1v) is 22.2. The Bertz CT molecular complexity index is 1980. The third kappa shape index (κ3) is 11.9. The standard InChI is InChI=1S/C49H63N3O11/c1-3-27-60-49-44(52(48(57)59-4-2)23-28-58-29-26-55)32-42(51-61-34-36-17-9-6-10-18-36)40-30-37(19-11-13-24-53)39(20-12-14-25-54)45(46(40)49)41-31-38(21-22-43(41)63-49)62-47(56)50-33-35-15-7-5-8-16-35/h3,5-10,15-18,21-22,30-31,37,39,44-46,53-55H,1,4,11-14,19-20,23-29,32-34H2,2H3,(H,50,56)/t37-,39+,44-,45+,46+,49+/m0/s1. The molecule has 14 nitrogen and oxygen atoms in total. The van der Waals surface area contributed by atoms with E-state index in [4.69, 9.17) is 33.7 Å². The number of benzene rings is 3. The Morgan fingerprint density at radius 1 is 0.937 bits per heavy atom. The van der Waals surface area contributed by atoms with Crippen LogP contribution < -0.4 is 14.8 Å². The molecule has 0 aromatic heterocycles. The lowest BCUT2D eigenvalue weighted by Gasteiger charge is -2.59. The van der Waals surface area contributed by atoms with Gasteiger partial charge in [-0.15, -0.1) is 6.58 Å². The fraction of sp³-hybridized carbons (Fsp3) is 0.490. The molecule has 6 rings (SSSR count). The number of aliphatic hydroxyl groups is 3. The van der Waals surface area contributed by atoms with Gasteiger partial charge in [0.2, 0.25) is 5.79 Å². The number of rotatable bonds is 24. The van der Waals surface area contributed by atoms with Crippen LogP contribution in [0.1, 0.15) is 74.5 Å². The van der Waals surface area contributed by atoms with Crippen molar-refractivity contribution in [1.82, 2.24) is 10.2 Å². The smallest absolute Gasteiger partial charge is 0.412 e. The van der Waals surface area contributed by atoms with Gasteiger partial charge in [0.15, 0.2) is 0 Å². The zero-order chi connectivity index (χ0) is 44.4. The number of allylic oxidation sites excluding steroid dienone is 1. The molecule has 14 heteroatoms. The number of fused-ring (bicyclic) bond motifs is 2. The van der Waals surface area contributed by atoms with E-state index in [1.54, 1.807) is 30.0 Å². The fourth-order valence-corrected chi connectivity index (χ4v) is 9.29. The highest BCUT2D eigenvalue weighted by Gasteiger charge is 2.65. The molecule has 3 aromatic carbocycles. The summed E-state index contributed by atoms with van der Waals surface area (Å²) < 4.78 is 31.6. The summed E-state index contributed by atoms with van der Waals surface area (Å²) in [6, 6.07) is 23.8. The molecule has 63 heavy (non-hydrogen) atoms. The van der Waals surface area contributed by atoms with Crippen molar-refractivity contribution < 1.29 is 53.4 Å². The predicted molar refractivity (Wildman–Crippen MR) is 237 cm³/mol. The number of unbranched alkanes of at least 4 members (excludes halogenated alkanes) is 2. The normalized spacial score (nSPS) is 22.8. The van der Waals surface area contributed by atoms with Gasteiger partial charge >= 0.3 is 12.2 Å². The maximum Gasteiger partial charge on any atom is 0.412 e. The maximum atomic E-state index is 14.2.